The fourth-order valence-electron chi connectivity index (χ4n) is 1.25. The molecule has 16 heavy (non-hydrogen) atoms. The predicted molar refractivity (Wildman–Crippen MR) is 69.2 cm³/mol. The Balaban J connectivity index is 2.27. The lowest BCUT2D eigenvalue weighted by Gasteiger charge is -2.04. The van der Waals surface area contributed by atoms with Gasteiger partial charge in [0.25, 0.3) is 0 Å². The fourth-order valence-corrected chi connectivity index (χ4v) is 1.25. The van der Waals surface area contributed by atoms with Crippen LogP contribution in [-0.4, -0.2) is 12.5 Å². The Morgan fingerprint density at radius 1 is 1.31 bits per heavy atom. The Kier molecular flexibility index (Phi) is 5.57. The number of terminal acetylenes is 1. The molecule has 0 aliphatic rings. The first-order chi connectivity index (χ1) is 7.83. The van der Waals surface area contributed by atoms with Crippen LogP contribution in [0.25, 0.3) is 0 Å². The number of hydrogen-bond donors (Lipinski definition) is 2. The summed E-state index contributed by atoms with van der Waals surface area (Å²) in [6.07, 6.45) is 7.93. The molecule has 0 unspecified atom stereocenters. The van der Waals surface area contributed by atoms with Crippen LogP contribution >= 0.6 is 0 Å². The van der Waals surface area contributed by atoms with Crippen LogP contribution in [0.1, 0.15) is 19.3 Å². The van der Waals surface area contributed by atoms with Gasteiger partial charge in [0.05, 0.1) is 0 Å². The van der Waals surface area contributed by atoms with Crippen LogP contribution in [-0.2, 0) is 0 Å². The van der Waals surface area contributed by atoms with Crippen LogP contribution in [0.4, 0.5) is 5.69 Å². The predicted octanol–water partition coefficient (Wildman–Crippen LogP) is 2.22. The van der Waals surface area contributed by atoms with E-state index in [2.05, 4.69) is 16.2 Å². The summed E-state index contributed by atoms with van der Waals surface area (Å²) in [5.74, 6) is 3.05. The molecule has 84 valence electrons. The molecule has 1 aromatic carbocycles. The molecular formula is C13H17N3. The normalized spacial score (nSPS) is 10.8. The summed E-state index contributed by atoms with van der Waals surface area (Å²) < 4.78 is 0. The first kappa shape index (κ1) is 12.1. The summed E-state index contributed by atoms with van der Waals surface area (Å²) in [6.45, 7) is 0.716. The average Bonchev–Trinajstić information content (AvgIpc) is 2.30. The van der Waals surface area contributed by atoms with E-state index in [1.807, 2.05) is 30.3 Å². The third-order valence-corrected chi connectivity index (χ3v) is 2.06. The molecule has 1 aromatic rings. The zero-order valence-electron chi connectivity index (χ0n) is 9.32. The maximum atomic E-state index is 5.72. The van der Waals surface area contributed by atoms with Gasteiger partial charge in [-0.3, -0.25) is 4.99 Å². The van der Waals surface area contributed by atoms with Crippen molar-refractivity contribution >= 4 is 11.6 Å². The third kappa shape index (κ3) is 5.06. The molecule has 0 spiro atoms. The van der Waals surface area contributed by atoms with Gasteiger partial charge in [0, 0.05) is 18.7 Å². The standard InChI is InChI=1S/C13H17N3/c1-2-3-4-8-11-15-13(14)16-12-9-6-5-7-10-12/h1,5-7,9-10H,3-4,8,11H2,(H3,14,15,16). The lowest BCUT2D eigenvalue weighted by atomic mass is 10.2. The van der Waals surface area contributed by atoms with Gasteiger partial charge in [0.1, 0.15) is 0 Å². The molecule has 0 fully saturated rings. The van der Waals surface area contributed by atoms with Crippen molar-refractivity contribution in [2.45, 2.75) is 19.3 Å². The number of para-hydroxylation sites is 1. The van der Waals surface area contributed by atoms with Crippen molar-refractivity contribution in [1.29, 1.82) is 0 Å². The van der Waals surface area contributed by atoms with Gasteiger partial charge >= 0.3 is 0 Å². The number of nitrogens with zero attached hydrogens (tertiary/aromatic N) is 1. The number of aliphatic imine (C=N–C) groups is 1. The molecule has 0 atom stereocenters. The van der Waals surface area contributed by atoms with Gasteiger partial charge in [0.15, 0.2) is 5.96 Å². The van der Waals surface area contributed by atoms with Crippen molar-refractivity contribution in [2.24, 2.45) is 10.7 Å². The van der Waals surface area contributed by atoms with E-state index < -0.39 is 0 Å². The highest BCUT2D eigenvalue weighted by atomic mass is 15.1. The summed E-state index contributed by atoms with van der Waals surface area (Å²) in [4.78, 5) is 4.21. The van der Waals surface area contributed by atoms with Gasteiger partial charge in [0.2, 0.25) is 0 Å². The quantitative estimate of drug-likeness (QED) is 0.342. The molecule has 0 bridgehead atoms. The Bertz CT molecular complexity index is 363. The highest BCUT2D eigenvalue weighted by Crippen LogP contribution is 2.03. The molecule has 3 heteroatoms. The van der Waals surface area contributed by atoms with E-state index in [1.165, 1.54) is 0 Å². The smallest absolute Gasteiger partial charge is 0.193 e. The number of nitrogens with two attached hydrogens (primary N) is 1. The third-order valence-electron chi connectivity index (χ3n) is 2.06. The molecule has 0 aliphatic carbocycles. The SMILES string of the molecule is C#CCCCCN=C(N)Nc1ccccc1. The summed E-state index contributed by atoms with van der Waals surface area (Å²) >= 11 is 0. The van der Waals surface area contributed by atoms with Gasteiger partial charge < -0.3 is 11.1 Å². The van der Waals surface area contributed by atoms with Gasteiger partial charge in [-0.05, 0) is 25.0 Å². The first-order valence-electron chi connectivity index (χ1n) is 5.38. The molecule has 3 N–H and O–H groups in total. The molecule has 0 aliphatic heterocycles. The number of anilines is 1. The van der Waals surface area contributed by atoms with Crippen LogP contribution < -0.4 is 11.1 Å². The van der Waals surface area contributed by atoms with E-state index in [0.717, 1.165) is 24.9 Å². The molecule has 3 nitrogen and oxygen atoms in total. The number of nitrogens with one attached hydrogen (secondary N) is 1. The van der Waals surface area contributed by atoms with Gasteiger partial charge in [-0.15, -0.1) is 12.3 Å². The molecule has 0 heterocycles. The van der Waals surface area contributed by atoms with Gasteiger partial charge in [-0.25, -0.2) is 0 Å². The van der Waals surface area contributed by atoms with Crippen LogP contribution in [0.15, 0.2) is 35.3 Å². The van der Waals surface area contributed by atoms with E-state index in [9.17, 15) is 0 Å². The van der Waals surface area contributed by atoms with E-state index in [1.54, 1.807) is 0 Å². The van der Waals surface area contributed by atoms with Crippen molar-refractivity contribution in [3.8, 4) is 12.3 Å². The Hall–Kier alpha value is -1.95. The topological polar surface area (TPSA) is 50.4 Å². The van der Waals surface area contributed by atoms with E-state index >= 15 is 0 Å². The van der Waals surface area contributed by atoms with Crippen molar-refractivity contribution in [3.63, 3.8) is 0 Å². The lowest BCUT2D eigenvalue weighted by Crippen LogP contribution is -2.22. The van der Waals surface area contributed by atoms with Gasteiger partial charge in [-0.1, -0.05) is 18.2 Å². The maximum absolute atomic E-state index is 5.72. The molecule has 0 saturated heterocycles. The van der Waals surface area contributed by atoms with Crippen LogP contribution in [0.2, 0.25) is 0 Å². The number of rotatable bonds is 5. The second-order valence-electron chi connectivity index (χ2n) is 3.42. The van der Waals surface area contributed by atoms with E-state index in [4.69, 9.17) is 12.2 Å². The lowest BCUT2D eigenvalue weighted by molar-refractivity contribution is 0.768. The zero-order valence-corrected chi connectivity index (χ0v) is 9.32. The number of unbranched alkanes of at least 4 members (excludes halogenated alkanes) is 2. The molecule has 1 rings (SSSR count). The number of hydrogen-bond acceptors (Lipinski definition) is 1. The minimum absolute atomic E-state index is 0.451. The molecule has 0 saturated carbocycles. The van der Waals surface area contributed by atoms with Crippen molar-refractivity contribution < 1.29 is 0 Å². The highest BCUT2D eigenvalue weighted by molar-refractivity contribution is 5.92. The fraction of sp³-hybridized carbons (Fsp3) is 0.308. The van der Waals surface area contributed by atoms with E-state index in [-0.39, 0.29) is 0 Å². The average molecular weight is 215 g/mol. The molecule has 0 amide bonds. The monoisotopic (exact) mass is 215 g/mol. The zero-order chi connectivity index (χ0) is 11.6. The minimum atomic E-state index is 0.451. The minimum Gasteiger partial charge on any atom is -0.370 e. The Labute approximate surface area is 96.8 Å². The van der Waals surface area contributed by atoms with Gasteiger partial charge in [-0.2, -0.15) is 0 Å². The summed E-state index contributed by atoms with van der Waals surface area (Å²) in [6, 6.07) is 9.74. The number of guanidine groups is 1. The second kappa shape index (κ2) is 7.36. The molecule has 0 aromatic heterocycles. The number of benzene rings is 1. The van der Waals surface area contributed by atoms with Crippen molar-refractivity contribution in [2.75, 3.05) is 11.9 Å². The van der Waals surface area contributed by atoms with Crippen LogP contribution in [0, 0.1) is 12.3 Å². The van der Waals surface area contributed by atoms with Crippen LogP contribution in [0.5, 0.6) is 0 Å². The van der Waals surface area contributed by atoms with Crippen molar-refractivity contribution in [1.82, 2.24) is 0 Å². The Morgan fingerprint density at radius 2 is 2.06 bits per heavy atom. The van der Waals surface area contributed by atoms with E-state index in [0.29, 0.717) is 12.5 Å². The molecule has 0 radical (unpaired) electrons. The summed E-state index contributed by atoms with van der Waals surface area (Å²) in [5.41, 5.74) is 6.67. The largest absolute Gasteiger partial charge is 0.370 e. The van der Waals surface area contributed by atoms with Crippen LogP contribution in [0.3, 0.4) is 0 Å². The second-order valence-corrected chi connectivity index (χ2v) is 3.42. The van der Waals surface area contributed by atoms with Crippen molar-refractivity contribution in [3.05, 3.63) is 30.3 Å². The summed E-state index contributed by atoms with van der Waals surface area (Å²) in [7, 11) is 0. The first-order valence-corrected chi connectivity index (χ1v) is 5.38. The Morgan fingerprint density at radius 3 is 2.75 bits per heavy atom. The summed E-state index contributed by atoms with van der Waals surface area (Å²) in [5, 5.41) is 3.02. The maximum Gasteiger partial charge on any atom is 0.193 e. The highest BCUT2D eigenvalue weighted by Gasteiger charge is 1.92. The molecular weight excluding hydrogens is 198 g/mol.